The second-order valence-electron chi connectivity index (χ2n) is 4.77. The van der Waals surface area contributed by atoms with E-state index in [-0.39, 0.29) is 18.4 Å². The van der Waals surface area contributed by atoms with Crippen molar-refractivity contribution in [3.63, 3.8) is 0 Å². The maximum atomic E-state index is 11.9. The van der Waals surface area contributed by atoms with Crippen LogP contribution in [0.3, 0.4) is 0 Å². The lowest BCUT2D eigenvalue weighted by Crippen LogP contribution is -2.46. The molecule has 0 aliphatic rings. The fraction of sp³-hybridized carbons (Fsp3) is 0.538. The van der Waals surface area contributed by atoms with Crippen LogP contribution in [0.1, 0.15) is 18.7 Å². The Morgan fingerprint density at radius 2 is 2.16 bits per heavy atom. The number of nitrogens with zero attached hydrogens (tertiary/aromatic N) is 1. The van der Waals surface area contributed by atoms with Crippen molar-refractivity contribution in [1.82, 2.24) is 10.2 Å². The van der Waals surface area contributed by atoms with Gasteiger partial charge in [-0.3, -0.25) is 14.9 Å². The van der Waals surface area contributed by atoms with Crippen molar-refractivity contribution in [3.05, 3.63) is 22.4 Å². The molecule has 2 N–H and O–H groups in total. The Morgan fingerprint density at radius 3 is 2.63 bits per heavy atom. The van der Waals surface area contributed by atoms with Crippen LogP contribution >= 0.6 is 11.3 Å². The number of carbonyl (C=O) groups excluding carboxylic acids is 1. The SMILES string of the molecule is CC(C)C(NCC(=O)N(C)Cc1cccs1)C(=O)O. The summed E-state index contributed by atoms with van der Waals surface area (Å²) in [7, 11) is 1.72. The highest BCUT2D eigenvalue weighted by Gasteiger charge is 2.22. The van der Waals surface area contributed by atoms with Crippen LogP contribution in [0.2, 0.25) is 0 Å². The van der Waals surface area contributed by atoms with Gasteiger partial charge in [0.05, 0.1) is 13.1 Å². The molecule has 1 amide bonds. The molecule has 1 heterocycles. The lowest BCUT2D eigenvalue weighted by atomic mass is 10.1. The van der Waals surface area contributed by atoms with Crippen LogP contribution < -0.4 is 5.32 Å². The summed E-state index contributed by atoms with van der Waals surface area (Å²) in [6.45, 7) is 4.21. The second-order valence-corrected chi connectivity index (χ2v) is 5.80. The number of amides is 1. The molecule has 0 radical (unpaired) electrons. The number of hydrogen-bond acceptors (Lipinski definition) is 4. The van der Waals surface area contributed by atoms with Crippen LogP contribution in [0.15, 0.2) is 17.5 Å². The molecular weight excluding hydrogens is 264 g/mol. The Labute approximate surface area is 117 Å². The predicted molar refractivity (Wildman–Crippen MR) is 75.1 cm³/mol. The molecule has 1 rings (SSSR count). The number of likely N-dealkylation sites (N-methyl/N-ethyl adjacent to an activating group) is 1. The highest BCUT2D eigenvalue weighted by molar-refractivity contribution is 7.09. The fourth-order valence-electron chi connectivity index (χ4n) is 1.66. The molecule has 5 nitrogen and oxygen atoms in total. The van der Waals surface area contributed by atoms with Gasteiger partial charge in [-0.05, 0) is 17.4 Å². The Morgan fingerprint density at radius 1 is 1.47 bits per heavy atom. The van der Waals surface area contributed by atoms with Gasteiger partial charge in [-0.15, -0.1) is 11.3 Å². The third-order valence-electron chi connectivity index (χ3n) is 2.80. The summed E-state index contributed by atoms with van der Waals surface area (Å²) < 4.78 is 0. The van der Waals surface area contributed by atoms with E-state index in [2.05, 4.69) is 5.32 Å². The first-order chi connectivity index (χ1) is 8.91. The summed E-state index contributed by atoms with van der Waals surface area (Å²) in [6, 6.07) is 3.21. The van der Waals surface area contributed by atoms with Gasteiger partial charge >= 0.3 is 5.97 Å². The zero-order valence-electron chi connectivity index (χ0n) is 11.4. The summed E-state index contributed by atoms with van der Waals surface area (Å²) >= 11 is 1.59. The largest absolute Gasteiger partial charge is 0.480 e. The van der Waals surface area contributed by atoms with E-state index < -0.39 is 12.0 Å². The van der Waals surface area contributed by atoms with Gasteiger partial charge in [0.25, 0.3) is 0 Å². The maximum absolute atomic E-state index is 11.9. The van der Waals surface area contributed by atoms with E-state index in [1.165, 1.54) is 0 Å². The number of hydrogen-bond donors (Lipinski definition) is 2. The van der Waals surface area contributed by atoms with Gasteiger partial charge in [-0.25, -0.2) is 0 Å². The van der Waals surface area contributed by atoms with Crippen molar-refractivity contribution in [3.8, 4) is 0 Å². The van der Waals surface area contributed by atoms with Crippen molar-refractivity contribution in [2.45, 2.75) is 26.4 Å². The van der Waals surface area contributed by atoms with Crippen molar-refractivity contribution >= 4 is 23.2 Å². The smallest absolute Gasteiger partial charge is 0.320 e. The Hall–Kier alpha value is -1.40. The first-order valence-corrected chi connectivity index (χ1v) is 7.02. The topological polar surface area (TPSA) is 69.6 Å². The molecule has 0 fully saturated rings. The van der Waals surface area contributed by atoms with E-state index >= 15 is 0 Å². The van der Waals surface area contributed by atoms with Crippen molar-refractivity contribution in [2.24, 2.45) is 5.92 Å². The van der Waals surface area contributed by atoms with Crippen molar-refractivity contribution in [1.29, 1.82) is 0 Å². The van der Waals surface area contributed by atoms with Gasteiger partial charge in [0.2, 0.25) is 5.91 Å². The van der Waals surface area contributed by atoms with Crippen LogP contribution in [0.5, 0.6) is 0 Å². The van der Waals surface area contributed by atoms with E-state index in [4.69, 9.17) is 5.11 Å². The number of carboxylic acid groups (broad SMARTS) is 1. The van der Waals surface area contributed by atoms with Crippen LogP contribution in [-0.4, -0.2) is 41.5 Å². The molecule has 0 aliphatic carbocycles. The Kier molecular flexibility index (Phi) is 5.98. The van der Waals surface area contributed by atoms with Gasteiger partial charge in [-0.2, -0.15) is 0 Å². The molecule has 1 aromatic rings. The minimum absolute atomic E-state index is 0.0387. The van der Waals surface area contributed by atoms with Crippen LogP contribution in [-0.2, 0) is 16.1 Å². The van der Waals surface area contributed by atoms with E-state index in [1.807, 2.05) is 31.4 Å². The number of aliphatic carboxylic acids is 1. The van der Waals surface area contributed by atoms with Gasteiger partial charge in [-0.1, -0.05) is 19.9 Å². The van der Waals surface area contributed by atoms with Crippen LogP contribution in [0, 0.1) is 5.92 Å². The quantitative estimate of drug-likeness (QED) is 0.794. The first-order valence-electron chi connectivity index (χ1n) is 6.14. The maximum Gasteiger partial charge on any atom is 0.320 e. The van der Waals surface area contributed by atoms with Crippen LogP contribution in [0.25, 0.3) is 0 Å². The molecule has 0 spiro atoms. The molecule has 0 saturated carbocycles. The van der Waals surface area contributed by atoms with E-state index in [1.54, 1.807) is 23.3 Å². The molecule has 0 bridgehead atoms. The number of nitrogens with one attached hydrogen (secondary N) is 1. The average Bonchev–Trinajstić information content (AvgIpc) is 2.80. The van der Waals surface area contributed by atoms with Crippen molar-refractivity contribution < 1.29 is 14.7 Å². The summed E-state index contributed by atoms with van der Waals surface area (Å²) in [5, 5.41) is 13.8. The second kappa shape index (κ2) is 7.25. The number of rotatable bonds is 7. The van der Waals surface area contributed by atoms with Crippen molar-refractivity contribution in [2.75, 3.05) is 13.6 Å². The zero-order chi connectivity index (χ0) is 14.4. The minimum Gasteiger partial charge on any atom is -0.480 e. The molecule has 1 aromatic heterocycles. The molecule has 19 heavy (non-hydrogen) atoms. The minimum atomic E-state index is -0.927. The number of thiophene rings is 1. The molecule has 6 heteroatoms. The summed E-state index contributed by atoms with van der Waals surface area (Å²) in [5.41, 5.74) is 0. The monoisotopic (exact) mass is 284 g/mol. The van der Waals surface area contributed by atoms with Gasteiger partial charge in [0.15, 0.2) is 0 Å². The molecule has 0 saturated heterocycles. The van der Waals surface area contributed by atoms with E-state index in [9.17, 15) is 9.59 Å². The Bertz CT molecular complexity index is 418. The summed E-state index contributed by atoms with van der Waals surface area (Å²) in [5.74, 6) is -1.10. The molecule has 1 unspecified atom stereocenters. The molecular formula is C13H20N2O3S. The predicted octanol–water partition coefficient (Wildman–Crippen LogP) is 1.41. The summed E-state index contributed by atoms with van der Waals surface area (Å²) in [4.78, 5) is 25.6. The molecule has 1 atom stereocenters. The third kappa shape index (κ3) is 5.00. The first kappa shape index (κ1) is 15.7. The van der Waals surface area contributed by atoms with E-state index in [0.29, 0.717) is 6.54 Å². The standard InChI is InChI=1S/C13H20N2O3S/c1-9(2)12(13(17)18)14-7-11(16)15(3)8-10-5-4-6-19-10/h4-6,9,12,14H,7-8H2,1-3H3,(H,17,18). The molecule has 0 aromatic carbocycles. The highest BCUT2D eigenvalue weighted by Crippen LogP contribution is 2.10. The lowest BCUT2D eigenvalue weighted by molar-refractivity contribution is -0.141. The van der Waals surface area contributed by atoms with Crippen LogP contribution in [0.4, 0.5) is 0 Å². The van der Waals surface area contributed by atoms with Gasteiger partial charge in [0, 0.05) is 11.9 Å². The zero-order valence-corrected chi connectivity index (χ0v) is 12.2. The van der Waals surface area contributed by atoms with Gasteiger partial charge < -0.3 is 10.0 Å². The molecule has 0 aliphatic heterocycles. The van der Waals surface area contributed by atoms with E-state index in [0.717, 1.165) is 4.88 Å². The Balaban J connectivity index is 2.43. The fourth-order valence-corrected chi connectivity index (χ4v) is 2.42. The third-order valence-corrected chi connectivity index (χ3v) is 3.67. The average molecular weight is 284 g/mol. The number of carbonyl (C=O) groups is 2. The number of carboxylic acids is 1. The highest BCUT2D eigenvalue weighted by atomic mass is 32.1. The lowest BCUT2D eigenvalue weighted by Gasteiger charge is -2.21. The normalized spacial score (nSPS) is 12.4. The molecule has 106 valence electrons. The van der Waals surface area contributed by atoms with Gasteiger partial charge in [0.1, 0.15) is 6.04 Å². The summed E-state index contributed by atoms with van der Waals surface area (Å²) in [6.07, 6.45) is 0.